The van der Waals surface area contributed by atoms with Crippen molar-refractivity contribution in [3.63, 3.8) is 0 Å². The van der Waals surface area contributed by atoms with Gasteiger partial charge in [0.2, 0.25) is 0 Å². The number of hydrogen-bond donors (Lipinski definition) is 0. The minimum Gasteiger partial charge on any atom is -0.361 e. The zero-order chi connectivity index (χ0) is 8.98. The highest BCUT2D eigenvalue weighted by Crippen LogP contribution is 2.48. The third-order valence-electron chi connectivity index (χ3n) is 3.42. The van der Waals surface area contributed by atoms with E-state index in [4.69, 9.17) is 4.74 Å². The molecule has 0 amide bonds. The van der Waals surface area contributed by atoms with E-state index >= 15 is 0 Å². The van der Waals surface area contributed by atoms with Crippen LogP contribution in [-0.4, -0.2) is 17.0 Å². The predicted octanol–water partition coefficient (Wildman–Crippen LogP) is 1.92. The van der Waals surface area contributed by atoms with Gasteiger partial charge in [-0.05, 0) is 39.5 Å². The first-order valence-electron chi connectivity index (χ1n) is 4.67. The molecule has 0 spiro atoms. The highest BCUT2D eigenvalue weighted by Gasteiger charge is 2.54. The fourth-order valence-electron chi connectivity index (χ4n) is 2.61. The number of rotatable bonds is 0. The molecule has 1 saturated heterocycles. The molecule has 12 heavy (non-hydrogen) atoms. The van der Waals surface area contributed by atoms with Gasteiger partial charge >= 0.3 is 0 Å². The first-order chi connectivity index (χ1) is 5.44. The van der Waals surface area contributed by atoms with Gasteiger partial charge in [0.15, 0.2) is 5.78 Å². The van der Waals surface area contributed by atoms with Crippen LogP contribution in [0.5, 0.6) is 0 Å². The van der Waals surface area contributed by atoms with Gasteiger partial charge in [0, 0.05) is 6.42 Å². The number of fused-ring (bicyclic) bond motifs is 2. The average Bonchev–Trinajstić information content (AvgIpc) is 2.12. The molecule has 1 aliphatic carbocycles. The summed E-state index contributed by atoms with van der Waals surface area (Å²) in [5, 5.41) is 0. The summed E-state index contributed by atoms with van der Waals surface area (Å²) in [5.74, 6) is 0.879. The van der Waals surface area contributed by atoms with E-state index in [0.29, 0.717) is 18.1 Å². The Morgan fingerprint density at radius 2 is 2.08 bits per heavy atom. The van der Waals surface area contributed by atoms with Crippen molar-refractivity contribution in [2.45, 2.75) is 51.2 Å². The maximum absolute atomic E-state index is 11.5. The van der Waals surface area contributed by atoms with Crippen molar-refractivity contribution in [3.05, 3.63) is 0 Å². The SMILES string of the molecule is CC12CC(CCC1=O)C(C)(C)O2. The van der Waals surface area contributed by atoms with Crippen LogP contribution in [0.4, 0.5) is 0 Å². The average molecular weight is 168 g/mol. The third-order valence-corrected chi connectivity index (χ3v) is 3.42. The lowest BCUT2D eigenvalue weighted by Crippen LogP contribution is -2.37. The van der Waals surface area contributed by atoms with Gasteiger partial charge < -0.3 is 4.74 Å². The van der Waals surface area contributed by atoms with Gasteiger partial charge in [-0.25, -0.2) is 0 Å². The monoisotopic (exact) mass is 168 g/mol. The molecule has 0 aromatic carbocycles. The quantitative estimate of drug-likeness (QED) is 0.552. The summed E-state index contributed by atoms with van der Waals surface area (Å²) in [7, 11) is 0. The van der Waals surface area contributed by atoms with Crippen molar-refractivity contribution < 1.29 is 9.53 Å². The van der Waals surface area contributed by atoms with Crippen LogP contribution in [0.1, 0.15) is 40.0 Å². The van der Waals surface area contributed by atoms with E-state index in [1.165, 1.54) is 0 Å². The van der Waals surface area contributed by atoms with Gasteiger partial charge in [0.25, 0.3) is 0 Å². The molecule has 68 valence electrons. The van der Waals surface area contributed by atoms with E-state index in [2.05, 4.69) is 13.8 Å². The number of carbonyl (C=O) groups is 1. The third kappa shape index (κ3) is 0.939. The molecule has 0 radical (unpaired) electrons. The van der Waals surface area contributed by atoms with Gasteiger partial charge in [-0.15, -0.1) is 0 Å². The largest absolute Gasteiger partial charge is 0.361 e. The molecule has 0 aromatic heterocycles. The number of carbonyl (C=O) groups excluding carboxylic acids is 1. The molecule has 0 aromatic rings. The van der Waals surface area contributed by atoms with Crippen LogP contribution in [0, 0.1) is 5.92 Å². The zero-order valence-corrected chi connectivity index (χ0v) is 8.02. The smallest absolute Gasteiger partial charge is 0.164 e. The molecule has 1 aliphatic heterocycles. The summed E-state index contributed by atoms with van der Waals surface area (Å²) in [5.41, 5.74) is -0.534. The Morgan fingerprint density at radius 1 is 1.42 bits per heavy atom. The summed E-state index contributed by atoms with van der Waals surface area (Å²) in [6, 6.07) is 0. The van der Waals surface area contributed by atoms with Crippen molar-refractivity contribution in [2.75, 3.05) is 0 Å². The first kappa shape index (κ1) is 8.24. The Kier molecular flexibility index (Phi) is 1.45. The molecular weight excluding hydrogens is 152 g/mol. The van der Waals surface area contributed by atoms with Crippen LogP contribution in [0.25, 0.3) is 0 Å². The van der Waals surface area contributed by atoms with E-state index in [1.54, 1.807) is 0 Å². The minimum absolute atomic E-state index is 0.0824. The lowest BCUT2D eigenvalue weighted by molar-refractivity contribution is -0.145. The van der Waals surface area contributed by atoms with Crippen molar-refractivity contribution >= 4 is 5.78 Å². The van der Waals surface area contributed by atoms with Crippen LogP contribution in [0.15, 0.2) is 0 Å². The summed E-state index contributed by atoms with van der Waals surface area (Å²) in [6.45, 7) is 6.14. The number of hydrogen-bond acceptors (Lipinski definition) is 2. The fraction of sp³-hybridized carbons (Fsp3) is 0.900. The number of Topliss-reactive ketones (excluding diaryl/α,β-unsaturated/α-hetero) is 1. The standard InChI is InChI=1S/C10H16O2/c1-9(2)7-4-5-8(11)10(3,6-7)12-9/h7H,4-6H2,1-3H3. The van der Waals surface area contributed by atoms with Crippen LogP contribution in [0.3, 0.4) is 0 Å². The maximum Gasteiger partial charge on any atom is 0.164 e. The summed E-state index contributed by atoms with van der Waals surface area (Å²) in [6.07, 6.45) is 2.66. The van der Waals surface area contributed by atoms with Gasteiger partial charge in [-0.1, -0.05) is 0 Å². The number of ketones is 1. The molecule has 2 nitrogen and oxygen atoms in total. The molecule has 2 fully saturated rings. The Hall–Kier alpha value is -0.370. The second-order valence-corrected chi connectivity index (χ2v) is 4.80. The van der Waals surface area contributed by atoms with Gasteiger partial charge in [-0.3, -0.25) is 4.79 Å². The van der Waals surface area contributed by atoms with E-state index in [1.807, 2.05) is 6.92 Å². The van der Waals surface area contributed by atoms with Crippen molar-refractivity contribution in [2.24, 2.45) is 5.92 Å². The van der Waals surface area contributed by atoms with E-state index in [-0.39, 0.29) is 5.60 Å². The molecule has 2 aliphatic rings. The predicted molar refractivity (Wildman–Crippen MR) is 45.9 cm³/mol. The lowest BCUT2D eigenvalue weighted by atomic mass is 9.76. The van der Waals surface area contributed by atoms with Crippen molar-refractivity contribution in [1.82, 2.24) is 0 Å². The molecule has 2 rings (SSSR count). The molecule has 1 heterocycles. The van der Waals surface area contributed by atoms with E-state index in [9.17, 15) is 4.79 Å². The summed E-state index contributed by atoms with van der Waals surface area (Å²) in [4.78, 5) is 11.5. The Morgan fingerprint density at radius 3 is 2.67 bits per heavy atom. The molecule has 2 heteroatoms. The second-order valence-electron chi connectivity index (χ2n) is 4.80. The molecule has 1 saturated carbocycles. The van der Waals surface area contributed by atoms with Crippen LogP contribution >= 0.6 is 0 Å². The van der Waals surface area contributed by atoms with E-state index < -0.39 is 5.60 Å². The molecule has 2 bridgehead atoms. The van der Waals surface area contributed by atoms with Crippen LogP contribution in [-0.2, 0) is 9.53 Å². The number of ether oxygens (including phenoxy) is 1. The Bertz CT molecular complexity index is 232. The molecule has 0 N–H and O–H groups in total. The summed E-state index contributed by atoms with van der Waals surface area (Å²) < 4.78 is 5.82. The molecule has 2 atom stereocenters. The minimum atomic E-state index is -0.452. The summed E-state index contributed by atoms with van der Waals surface area (Å²) >= 11 is 0. The van der Waals surface area contributed by atoms with Crippen LogP contribution < -0.4 is 0 Å². The lowest BCUT2D eigenvalue weighted by Gasteiger charge is -2.25. The molecular formula is C10H16O2. The zero-order valence-electron chi connectivity index (χ0n) is 8.02. The van der Waals surface area contributed by atoms with Crippen LogP contribution in [0.2, 0.25) is 0 Å². The van der Waals surface area contributed by atoms with Crippen molar-refractivity contribution in [1.29, 1.82) is 0 Å². The Balaban J connectivity index is 2.33. The van der Waals surface area contributed by atoms with Gasteiger partial charge in [-0.2, -0.15) is 0 Å². The topological polar surface area (TPSA) is 26.3 Å². The van der Waals surface area contributed by atoms with Gasteiger partial charge in [0.05, 0.1) is 5.60 Å². The Labute approximate surface area is 73.3 Å². The highest BCUT2D eigenvalue weighted by atomic mass is 16.5. The normalized spacial score (nSPS) is 44.9. The van der Waals surface area contributed by atoms with E-state index in [0.717, 1.165) is 12.8 Å². The maximum atomic E-state index is 11.5. The molecule has 2 unspecified atom stereocenters. The van der Waals surface area contributed by atoms with Gasteiger partial charge in [0.1, 0.15) is 5.60 Å². The second kappa shape index (κ2) is 2.11. The first-order valence-corrected chi connectivity index (χ1v) is 4.67. The van der Waals surface area contributed by atoms with Crippen molar-refractivity contribution in [3.8, 4) is 0 Å². The highest BCUT2D eigenvalue weighted by molar-refractivity contribution is 5.88. The fourth-order valence-corrected chi connectivity index (χ4v) is 2.61.